The summed E-state index contributed by atoms with van der Waals surface area (Å²) in [6.07, 6.45) is 2.19. The Bertz CT molecular complexity index is 746. The molecule has 4 heteroatoms. The van der Waals surface area contributed by atoms with E-state index in [0.717, 1.165) is 32.0 Å². The van der Waals surface area contributed by atoms with Crippen LogP contribution in [0.2, 0.25) is 0 Å². The summed E-state index contributed by atoms with van der Waals surface area (Å²) in [7, 11) is 0. The Morgan fingerprint density at radius 2 is 1.85 bits per heavy atom. The number of likely N-dealkylation sites (tertiary alicyclic amines) is 1. The third-order valence-corrected chi connectivity index (χ3v) is 5.91. The standard InChI is InChI=1S/C22H25FN2O/c23-19-9-7-16(8-10-19)20-13-18-14-25(15-21(18)20)12-4-11-24-22(26)17-5-2-1-3-6-17/h1-3,5-10,18,20-21H,4,11-15H2,(H,24,26). The fourth-order valence-electron chi connectivity index (χ4n) is 4.47. The molecule has 1 saturated carbocycles. The molecule has 1 aliphatic carbocycles. The summed E-state index contributed by atoms with van der Waals surface area (Å²) in [5, 5.41) is 3.00. The molecule has 1 saturated heterocycles. The van der Waals surface area contributed by atoms with Crippen molar-refractivity contribution >= 4 is 5.91 Å². The predicted octanol–water partition coefficient (Wildman–Crippen LogP) is 3.68. The van der Waals surface area contributed by atoms with Crippen LogP contribution >= 0.6 is 0 Å². The van der Waals surface area contributed by atoms with Gasteiger partial charge in [-0.15, -0.1) is 0 Å². The third-order valence-electron chi connectivity index (χ3n) is 5.91. The second kappa shape index (κ2) is 7.58. The molecule has 1 amide bonds. The Labute approximate surface area is 154 Å². The van der Waals surface area contributed by atoms with E-state index in [0.29, 0.717) is 23.9 Å². The molecule has 136 valence electrons. The van der Waals surface area contributed by atoms with Gasteiger partial charge >= 0.3 is 0 Å². The lowest BCUT2D eigenvalue weighted by Crippen LogP contribution is -2.33. The molecule has 4 rings (SSSR count). The number of nitrogens with one attached hydrogen (secondary N) is 1. The number of carbonyl (C=O) groups is 1. The van der Waals surface area contributed by atoms with Crippen LogP contribution in [0.1, 0.15) is 34.7 Å². The number of fused-ring (bicyclic) bond motifs is 1. The van der Waals surface area contributed by atoms with Gasteiger partial charge in [0.25, 0.3) is 5.91 Å². The van der Waals surface area contributed by atoms with Crippen molar-refractivity contribution in [3.63, 3.8) is 0 Å². The second-order valence-electron chi connectivity index (χ2n) is 7.55. The summed E-state index contributed by atoms with van der Waals surface area (Å²) in [4.78, 5) is 14.5. The van der Waals surface area contributed by atoms with Gasteiger partial charge in [0, 0.05) is 25.2 Å². The summed E-state index contributed by atoms with van der Waals surface area (Å²) in [5.41, 5.74) is 2.00. The lowest BCUT2D eigenvalue weighted by Gasteiger charge is -2.40. The van der Waals surface area contributed by atoms with Crippen LogP contribution < -0.4 is 5.32 Å². The quantitative estimate of drug-likeness (QED) is 0.805. The Morgan fingerprint density at radius 1 is 1.08 bits per heavy atom. The third kappa shape index (κ3) is 3.65. The van der Waals surface area contributed by atoms with Crippen molar-refractivity contribution in [3.8, 4) is 0 Å². The highest BCUT2D eigenvalue weighted by Crippen LogP contribution is 2.51. The highest BCUT2D eigenvalue weighted by Gasteiger charge is 2.46. The number of carbonyl (C=O) groups excluding carboxylic acids is 1. The molecular weight excluding hydrogens is 327 g/mol. The maximum absolute atomic E-state index is 13.1. The molecule has 1 N–H and O–H groups in total. The van der Waals surface area contributed by atoms with Crippen LogP contribution in [-0.4, -0.2) is 37.0 Å². The molecule has 2 aromatic rings. The van der Waals surface area contributed by atoms with Crippen molar-refractivity contribution in [3.05, 3.63) is 71.5 Å². The fraction of sp³-hybridized carbons (Fsp3) is 0.409. The van der Waals surface area contributed by atoms with E-state index in [2.05, 4.69) is 10.2 Å². The van der Waals surface area contributed by atoms with E-state index >= 15 is 0 Å². The zero-order valence-electron chi connectivity index (χ0n) is 14.9. The fourth-order valence-corrected chi connectivity index (χ4v) is 4.47. The van der Waals surface area contributed by atoms with Gasteiger partial charge < -0.3 is 10.2 Å². The number of halogens is 1. The van der Waals surface area contributed by atoms with Crippen LogP contribution in [0.3, 0.4) is 0 Å². The van der Waals surface area contributed by atoms with Crippen molar-refractivity contribution in [1.29, 1.82) is 0 Å². The molecule has 1 aliphatic heterocycles. The summed E-state index contributed by atoms with van der Waals surface area (Å²) in [5.74, 6) is 1.92. The number of nitrogens with zero attached hydrogens (tertiary/aromatic N) is 1. The van der Waals surface area contributed by atoms with Gasteiger partial charge in [0.05, 0.1) is 0 Å². The molecule has 2 fully saturated rings. The average Bonchev–Trinajstić information content (AvgIpc) is 2.97. The van der Waals surface area contributed by atoms with Crippen LogP contribution in [0.4, 0.5) is 4.39 Å². The van der Waals surface area contributed by atoms with Crippen molar-refractivity contribution < 1.29 is 9.18 Å². The topological polar surface area (TPSA) is 32.3 Å². The van der Waals surface area contributed by atoms with Crippen LogP contribution in [0.5, 0.6) is 0 Å². The molecule has 0 spiro atoms. The van der Waals surface area contributed by atoms with Crippen LogP contribution in [0.15, 0.2) is 54.6 Å². The molecule has 3 unspecified atom stereocenters. The largest absolute Gasteiger partial charge is 0.352 e. The highest BCUT2D eigenvalue weighted by atomic mass is 19.1. The summed E-state index contributed by atoms with van der Waals surface area (Å²) >= 11 is 0. The molecule has 26 heavy (non-hydrogen) atoms. The van der Waals surface area contributed by atoms with Crippen LogP contribution in [-0.2, 0) is 0 Å². The average molecular weight is 352 g/mol. The van der Waals surface area contributed by atoms with E-state index in [-0.39, 0.29) is 11.7 Å². The van der Waals surface area contributed by atoms with E-state index in [1.54, 1.807) is 12.1 Å². The summed E-state index contributed by atoms with van der Waals surface area (Å²) in [6, 6.07) is 16.4. The van der Waals surface area contributed by atoms with Crippen molar-refractivity contribution in [2.45, 2.75) is 18.8 Å². The van der Waals surface area contributed by atoms with Crippen LogP contribution in [0, 0.1) is 17.7 Å². The van der Waals surface area contributed by atoms with Gasteiger partial charge in [-0.1, -0.05) is 30.3 Å². The number of rotatable bonds is 6. The molecule has 0 radical (unpaired) electrons. The Balaban J connectivity index is 1.20. The van der Waals surface area contributed by atoms with E-state index in [1.807, 2.05) is 42.5 Å². The maximum Gasteiger partial charge on any atom is 0.251 e. The molecule has 0 bridgehead atoms. The van der Waals surface area contributed by atoms with Gasteiger partial charge in [0.2, 0.25) is 0 Å². The Hall–Kier alpha value is -2.20. The molecule has 3 atom stereocenters. The minimum absolute atomic E-state index is 0.00321. The lowest BCUT2D eigenvalue weighted by molar-refractivity contribution is 0.0952. The van der Waals surface area contributed by atoms with E-state index in [4.69, 9.17) is 0 Å². The monoisotopic (exact) mass is 352 g/mol. The first-order valence-electron chi connectivity index (χ1n) is 9.52. The first kappa shape index (κ1) is 17.2. The highest BCUT2D eigenvalue weighted by molar-refractivity contribution is 5.94. The molecular formula is C22H25FN2O. The van der Waals surface area contributed by atoms with Crippen molar-refractivity contribution in [2.75, 3.05) is 26.2 Å². The van der Waals surface area contributed by atoms with Gasteiger partial charge in [-0.05, 0) is 67.0 Å². The van der Waals surface area contributed by atoms with E-state index in [1.165, 1.54) is 12.0 Å². The first-order valence-corrected chi connectivity index (χ1v) is 9.52. The summed E-state index contributed by atoms with van der Waals surface area (Å²) < 4.78 is 13.1. The number of hydrogen-bond acceptors (Lipinski definition) is 2. The van der Waals surface area contributed by atoms with Crippen LogP contribution in [0.25, 0.3) is 0 Å². The number of benzene rings is 2. The number of amides is 1. The minimum atomic E-state index is -0.157. The second-order valence-corrected chi connectivity index (χ2v) is 7.55. The van der Waals surface area contributed by atoms with Gasteiger partial charge in [0.1, 0.15) is 5.82 Å². The Kier molecular flexibility index (Phi) is 5.02. The smallest absolute Gasteiger partial charge is 0.251 e. The SMILES string of the molecule is O=C(NCCCN1CC2CC(c3ccc(F)cc3)C2C1)c1ccccc1. The van der Waals surface area contributed by atoms with Gasteiger partial charge in [-0.25, -0.2) is 4.39 Å². The normalized spacial score (nSPS) is 24.7. The van der Waals surface area contributed by atoms with Crippen molar-refractivity contribution in [2.24, 2.45) is 11.8 Å². The van der Waals surface area contributed by atoms with Crippen molar-refractivity contribution in [1.82, 2.24) is 10.2 Å². The molecule has 1 heterocycles. The first-order chi connectivity index (χ1) is 12.7. The van der Waals surface area contributed by atoms with Gasteiger partial charge in [-0.2, -0.15) is 0 Å². The maximum atomic E-state index is 13.1. The number of hydrogen-bond donors (Lipinski definition) is 1. The van der Waals surface area contributed by atoms with E-state index < -0.39 is 0 Å². The zero-order chi connectivity index (χ0) is 17.9. The molecule has 2 aromatic carbocycles. The van der Waals surface area contributed by atoms with Gasteiger partial charge in [0.15, 0.2) is 0 Å². The summed E-state index contributed by atoms with van der Waals surface area (Å²) in [6.45, 7) is 4.02. The molecule has 2 aliphatic rings. The minimum Gasteiger partial charge on any atom is -0.352 e. The predicted molar refractivity (Wildman–Crippen MR) is 101 cm³/mol. The Morgan fingerprint density at radius 3 is 2.62 bits per heavy atom. The lowest BCUT2D eigenvalue weighted by atomic mass is 9.64. The van der Waals surface area contributed by atoms with E-state index in [9.17, 15) is 9.18 Å². The molecule has 0 aromatic heterocycles. The van der Waals surface area contributed by atoms with Gasteiger partial charge in [-0.3, -0.25) is 4.79 Å². The zero-order valence-corrected chi connectivity index (χ0v) is 14.9. The molecule has 3 nitrogen and oxygen atoms in total.